The number of fused-ring (bicyclic) bond motifs is 3. The second kappa shape index (κ2) is 10.9. The summed E-state index contributed by atoms with van der Waals surface area (Å²) in [6, 6.07) is 15.5. The summed E-state index contributed by atoms with van der Waals surface area (Å²) in [5.41, 5.74) is 4.64. The Morgan fingerprint density at radius 2 is 1.60 bits per heavy atom. The Kier molecular flexibility index (Phi) is 7.73. The monoisotopic (exact) mass is 478 g/mol. The van der Waals surface area contributed by atoms with Gasteiger partial charge >= 0.3 is 12.1 Å². The Morgan fingerprint density at radius 3 is 2.11 bits per heavy atom. The molecule has 0 saturated heterocycles. The Balaban J connectivity index is 1.29. The highest BCUT2D eigenvalue weighted by Gasteiger charge is 2.34. The molecule has 0 heterocycles. The highest BCUT2D eigenvalue weighted by molar-refractivity contribution is 5.84. The zero-order valence-electron chi connectivity index (χ0n) is 20.3. The molecule has 1 fully saturated rings. The molecule has 2 aliphatic rings. The van der Waals surface area contributed by atoms with Gasteiger partial charge in [0.2, 0.25) is 5.91 Å². The average Bonchev–Trinajstić information content (AvgIpc) is 3.12. The molecule has 2 aromatic carbocycles. The van der Waals surface area contributed by atoms with Gasteiger partial charge in [-0.2, -0.15) is 0 Å². The summed E-state index contributed by atoms with van der Waals surface area (Å²) in [7, 11) is 0. The first kappa shape index (κ1) is 24.8. The first-order valence-electron chi connectivity index (χ1n) is 12.5. The molecule has 0 aliphatic heterocycles. The minimum Gasteiger partial charge on any atom is -0.480 e. The molecule has 186 valence electrons. The third-order valence-electron chi connectivity index (χ3n) is 7.45. The number of carboxylic acids is 1. The van der Waals surface area contributed by atoms with Crippen LogP contribution in [0, 0.1) is 17.8 Å². The molecule has 7 nitrogen and oxygen atoms in total. The van der Waals surface area contributed by atoms with Crippen LogP contribution < -0.4 is 10.6 Å². The van der Waals surface area contributed by atoms with Crippen molar-refractivity contribution < 1.29 is 24.2 Å². The molecule has 7 heteroatoms. The summed E-state index contributed by atoms with van der Waals surface area (Å²) in [5, 5.41) is 15.0. The number of benzene rings is 2. The molecule has 2 aromatic rings. The predicted molar refractivity (Wildman–Crippen MR) is 133 cm³/mol. The van der Waals surface area contributed by atoms with Crippen LogP contribution in [0.1, 0.15) is 56.6 Å². The van der Waals surface area contributed by atoms with Gasteiger partial charge in [0, 0.05) is 18.9 Å². The number of alkyl carbamates (subject to hydrolysis) is 1. The molecule has 1 saturated carbocycles. The number of aliphatic carboxylic acids is 1. The molecular formula is C28H34N2O5. The van der Waals surface area contributed by atoms with Gasteiger partial charge in [-0.25, -0.2) is 9.59 Å². The second-order valence-corrected chi connectivity index (χ2v) is 9.99. The van der Waals surface area contributed by atoms with Gasteiger partial charge in [0.1, 0.15) is 12.6 Å². The highest BCUT2D eigenvalue weighted by Crippen LogP contribution is 2.44. The van der Waals surface area contributed by atoms with E-state index < -0.39 is 18.1 Å². The lowest BCUT2D eigenvalue weighted by Crippen LogP contribution is -2.49. The van der Waals surface area contributed by atoms with E-state index >= 15 is 0 Å². The Morgan fingerprint density at radius 1 is 1.00 bits per heavy atom. The van der Waals surface area contributed by atoms with Crippen molar-refractivity contribution in [1.82, 2.24) is 10.6 Å². The number of nitrogens with one attached hydrogen (secondary N) is 2. The largest absolute Gasteiger partial charge is 0.480 e. The fourth-order valence-electron chi connectivity index (χ4n) is 5.03. The van der Waals surface area contributed by atoms with Crippen LogP contribution in [0.15, 0.2) is 48.5 Å². The van der Waals surface area contributed by atoms with Gasteiger partial charge in [-0.3, -0.25) is 4.79 Å². The van der Waals surface area contributed by atoms with Crippen molar-refractivity contribution >= 4 is 18.0 Å². The molecule has 0 spiro atoms. The molecule has 2 unspecified atom stereocenters. The van der Waals surface area contributed by atoms with E-state index in [1.165, 1.54) is 11.1 Å². The maximum Gasteiger partial charge on any atom is 0.407 e. The summed E-state index contributed by atoms with van der Waals surface area (Å²) in [4.78, 5) is 36.7. The summed E-state index contributed by atoms with van der Waals surface area (Å²) < 4.78 is 5.60. The first-order chi connectivity index (χ1) is 16.8. The van der Waals surface area contributed by atoms with Gasteiger partial charge in [-0.1, -0.05) is 68.8 Å². The minimum atomic E-state index is -0.985. The summed E-state index contributed by atoms with van der Waals surface area (Å²) in [6.45, 7) is 4.48. The quantitative estimate of drug-likeness (QED) is 0.464. The molecule has 0 aromatic heterocycles. The van der Waals surface area contributed by atoms with E-state index in [0.717, 1.165) is 30.4 Å². The molecule has 2 atom stereocenters. The zero-order chi connectivity index (χ0) is 24.9. The summed E-state index contributed by atoms with van der Waals surface area (Å²) >= 11 is 0. The highest BCUT2D eigenvalue weighted by atomic mass is 16.5. The van der Waals surface area contributed by atoms with E-state index in [0.29, 0.717) is 0 Å². The number of hydrogen-bond donors (Lipinski definition) is 3. The number of carboxylic acid groups (broad SMARTS) is 1. The van der Waals surface area contributed by atoms with Crippen molar-refractivity contribution in [2.24, 2.45) is 17.8 Å². The van der Waals surface area contributed by atoms with Crippen LogP contribution in [0.25, 0.3) is 11.1 Å². The van der Waals surface area contributed by atoms with Crippen LogP contribution >= 0.6 is 0 Å². The SMILES string of the molecule is CC(C)C(CNC(=O)OCC1c2ccccc2-c2ccccc21)CC(=O)NC(C(=O)O)C1CCC1. The summed E-state index contributed by atoms with van der Waals surface area (Å²) in [6.07, 6.45) is 2.29. The minimum absolute atomic E-state index is 0.00732. The lowest BCUT2D eigenvalue weighted by molar-refractivity contribution is -0.144. The van der Waals surface area contributed by atoms with E-state index in [1.807, 2.05) is 38.1 Å². The Labute approximate surface area is 206 Å². The van der Waals surface area contributed by atoms with E-state index in [1.54, 1.807) is 0 Å². The maximum absolute atomic E-state index is 12.6. The van der Waals surface area contributed by atoms with Crippen molar-refractivity contribution in [2.45, 2.75) is 51.5 Å². The van der Waals surface area contributed by atoms with Gasteiger partial charge in [0.25, 0.3) is 0 Å². The molecule has 2 aliphatic carbocycles. The molecule has 2 amide bonds. The van der Waals surface area contributed by atoms with Crippen molar-refractivity contribution in [3.63, 3.8) is 0 Å². The fourth-order valence-corrected chi connectivity index (χ4v) is 5.03. The number of carbonyl (C=O) groups is 3. The number of rotatable bonds is 10. The first-order valence-corrected chi connectivity index (χ1v) is 12.5. The van der Waals surface area contributed by atoms with Crippen LogP contribution in [-0.4, -0.2) is 42.3 Å². The van der Waals surface area contributed by atoms with Crippen molar-refractivity contribution in [2.75, 3.05) is 13.2 Å². The van der Waals surface area contributed by atoms with E-state index in [9.17, 15) is 19.5 Å². The van der Waals surface area contributed by atoms with E-state index in [2.05, 4.69) is 34.9 Å². The lowest BCUT2D eigenvalue weighted by Gasteiger charge is -2.32. The van der Waals surface area contributed by atoms with Gasteiger partial charge in [-0.15, -0.1) is 0 Å². The normalized spacial score (nSPS) is 16.5. The van der Waals surface area contributed by atoms with Crippen LogP contribution in [0.2, 0.25) is 0 Å². The van der Waals surface area contributed by atoms with Crippen LogP contribution in [-0.2, 0) is 14.3 Å². The van der Waals surface area contributed by atoms with E-state index in [4.69, 9.17) is 4.74 Å². The maximum atomic E-state index is 12.6. The van der Waals surface area contributed by atoms with Crippen molar-refractivity contribution in [3.8, 4) is 11.1 Å². The number of hydrogen-bond acceptors (Lipinski definition) is 4. The van der Waals surface area contributed by atoms with Gasteiger partial charge in [0.05, 0.1) is 0 Å². The second-order valence-electron chi connectivity index (χ2n) is 9.99. The van der Waals surface area contributed by atoms with Gasteiger partial charge in [-0.05, 0) is 52.8 Å². The van der Waals surface area contributed by atoms with Crippen LogP contribution in [0.5, 0.6) is 0 Å². The summed E-state index contributed by atoms with van der Waals surface area (Å²) in [5.74, 6) is -1.29. The molecule has 35 heavy (non-hydrogen) atoms. The third kappa shape index (κ3) is 5.66. The molecule has 0 bridgehead atoms. The lowest BCUT2D eigenvalue weighted by atomic mass is 9.79. The predicted octanol–water partition coefficient (Wildman–Crippen LogP) is 4.56. The molecule has 4 rings (SSSR count). The third-order valence-corrected chi connectivity index (χ3v) is 7.45. The number of carbonyl (C=O) groups excluding carboxylic acids is 2. The van der Waals surface area contributed by atoms with Crippen LogP contribution in [0.4, 0.5) is 4.79 Å². The van der Waals surface area contributed by atoms with Crippen molar-refractivity contribution in [1.29, 1.82) is 0 Å². The van der Waals surface area contributed by atoms with Gasteiger partial charge in [0.15, 0.2) is 0 Å². The zero-order valence-corrected chi connectivity index (χ0v) is 20.3. The smallest absolute Gasteiger partial charge is 0.407 e. The molecule has 3 N–H and O–H groups in total. The Bertz CT molecular complexity index is 1030. The number of amides is 2. The average molecular weight is 479 g/mol. The topological polar surface area (TPSA) is 105 Å². The van der Waals surface area contributed by atoms with Crippen molar-refractivity contribution in [3.05, 3.63) is 59.7 Å². The molecular weight excluding hydrogens is 444 g/mol. The van der Waals surface area contributed by atoms with Crippen LogP contribution in [0.3, 0.4) is 0 Å². The standard InChI is InChI=1S/C28H34N2O5/c1-17(2)19(14-25(31)30-26(27(32)33)18-8-7-9-18)15-29-28(34)35-16-24-22-12-5-3-10-20(22)21-11-4-6-13-23(21)24/h3-6,10-13,17-19,24,26H,7-9,14-16H2,1-2H3,(H,29,34)(H,30,31)(H,32,33). The van der Waals surface area contributed by atoms with Gasteiger partial charge < -0.3 is 20.5 Å². The fraction of sp³-hybridized carbons (Fsp3) is 0.464. The Hall–Kier alpha value is -3.35. The van der Waals surface area contributed by atoms with E-state index in [-0.39, 0.29) is 49.2 Å². The molecule has 0 radical (unpaired) electrons. The number of ether oxygens (including phenoxy) is 1.